The van der Waals surface area contributed by atoms with Gasteiger partial charge in [-0.1, -0.05) is 0 Å². The van der Waals surface area contributed by atoms with E-state index < -0.39 is 0 Å². The molecule has 1 amide bonds. The molecule has 0 bridgehead atoms. The second-order valence-electron chi connectivity index (χ2n) is 4.57. The number of hydrogen-bond acceptors (Lipinski definition) is 3. The average Bonchev–Trinajstić information content (AvgIpc) is 2.66. The lowest BCUT2D eigenvalue weighted by molar-refractivity contribution is -0.139. The van der Waals surface area contributed by atoms with Gasteiger partial charge < -0.3 is 15.0 Å². The molecule has 2 rings (SSSR count). The summed E-state index contributed by atoms with van der Waals surface area (Å²) in [7, 11) is 1.89. The van der Waals surface area contributed by atoms with E-state index in [9.17, 15) is 4.79 Å². The number of likely N-dealkylation sites (N-methyl/N-ethyl adjacent to an activating group) is 1. The molecule has 2 fully saturated rings. The molecule has 0 aromatic carbocycles. The van der Waals surface area contributed by atoms with Gasteiger partial charge in [0.1, 0.15) is 6.10 Å². The van der Waals surface area contributed by atoms with Gasteiger partial charge in [-0.15, -0.1) is 0 Å². The Labute approximate surface area is 91.0 Å². The van der Waals surface area contributed by atoms with E-state index in [0.717, 1.165) is 51.4 Å². The molecule has 1 atom stereocenters. The van der Waals surface area contributed by atoms with Gasteiger partial charge in [0.2, 0.25) is 0 Å². The maximum atomic E-state index is 11.8. The van der Waals surface area contributed by atoms with Gasteiger partial charge in [-0.25, -0.2) is 0 Å². The van der Waals surface area contributed by atoms with E-state index in [1.165, 1.54) is 0 Å². The van der Waals surface area contributed by atoms with Crippen molar-refractivity contribution in [1.82, 2.24) is 10.2 Å². The maximum Gasteiger partial charge on any atom is 0.251 e. The second kappa shape index (κ2) is 4.94. The SMILES string of the molecule is CN(CCC1CNC1)C(=O)C1CCCO1. The summed E-state index contributed by atoms with van der Waals surface area (Å²) in [5, 5.41) is 3.24. The standard InChI is InChI=1S/C11H20N2O2/c1-13(5-4-9-7-12-8-9)11(14)10-3-2-6-15-10/h9-10,12H,2-8H2,1H3. The largest absolute Gasteiger partial charge is 0.368 e. The van der Waals surface area contributed by atoms with Crippen molar-refractivity contribution in [2.24, 2.45) is 5.92 Å². The summed E-state index contributed by atoms with van der Waals surface area (Å²) in [5.74, 6) is 0.935. The molecular weight excluding hydrogens is 192 g/mol. The second-order valence-corrected chi connectivity index (χ2v) is 4.57. The smallest absolute Gasteiger partial charge is 0.251 e. The van der Waals surface area contributed by atoms with Crippen LogP contribution < -0.4 is 5.32 Å². The number of carbonyl (C=O) groups is 1. The summed E-state index contributed by atoms with van der Waals surface area (Å²) in [5.41, 5.74) is 0. The van der Waals surface area contributed by atoms with Crippen LogP contribution in [-0.4, -0.2) is 50.2 Å². The third-order valence-electron chi connectivity index (χ3n) is 3.32. The lowest BCUT2D eigenvalue weighted by Gasteiger charge is -2.29. The number of nitrogens with one attached hydrogen (secondary N) is 1. The Balaban J connectivity index is 1.68. The Morgan fingerprint density at radius 1 is 1.53 bits per heavy atom. The van der Waals surface area contributed by atoms with Gasteiger partial charge in [0.15, 0.2) is 0 Å². The third kappa shape index (κ3) is 2.69. The predicted molar refractivity (Wildman–Crippen MR) is 57.6 cm³/mol. The fraction of sp³-hybridized carbons (Fsp3) is 0.909. The van der Waals surface area contributed by atoms with Gasteiger partial charge in [0, 0.05) is 20.2 Å². The molecule has 2 saturated heterocycles. The molecule has 4 heteroatoms. The van der Waals surface area contributed by atoms with Gasteiger partial charge in [0.05, 0.1) is 0 Å². The fourth-order valence-electron chi connectivity index (χ4n) is 2.06. The van der Waals surface area contributed by atoms with E-state index in [1.807, 2.05) is 11.9 Å². The zero-order chi connectivity index (χ0) is 10.7. The quantitative estimate of drug-likeness (QED) is 0.725. The Kier molecular flexibility index (Phi) is 3.59. The highest BCUT2D eigenvalue weighted by Gasteiger charge is 2.27. The molecule has 1 N–H and O–H groups in total. The monoisotopic (exact) mass is 212 g/mol. The van der Waals surface area contributed by atoms with Gasteiger partial charge >= 0.3 is 0 Å². The number of ether oxygens (including phenoxy) is 1. The molecule has 15 heavy (non-hydrogen) atoms. The Hall–Kier alpha value is -0.610. The van der Waals surface area contributed by atoms with Crippen LogP contribution >= 0.6 is 0 Å². The first-order valence-electron chi connectivity index (χ1n) is 5.84. The first kappa shape index (κ1) is 10.9. The van der Waals surface area contributed by atoms with Crippen molar-refractivity contribution in [3.8, 4) is 0 Å². The van der Waals surface area contributed by atoms with Crippen LogP contribution in [0.25, 0.3) is 0 Å². The molecule has 2 aliphatic rings. The number of nitrogens with zero attached hydrogens (tertiary/aromatic N) is 1. The van der Waals surface area contributed by atoms with E-state index in [4.69, 9.17) is 4.74 Å². The molecule has 0 spiro atoms. The van der Waals surface area contributed by atoms with Crippen molar-refractivity contribution in [3.63, 3.8) is 0 Å². The van der Waals surface area contributed by atoms with E-state index >= 15 is 0 Å². The van der Waals surface area contributed by atoms with Crippen LogP contribution in [0.4, 0.5) is 0 Å². The van der Waals surface area contributed by atoms with Crippen molar-refractivity contribution in [2.45, 2.75) is 25.4 Å². The van der Waals surface area contributed by atoms with E-state index in [0.29, 0.717) is 0 Å². The lowest BCUT2D eigenvalue weighted by Crippen LogP contribution is -2.44. The van der Waals surface area contributed by atoms with Crippen molar-refractivity contribution in [1.29, 1.82) is 0 Å². The summed E-state index contributed by atoms with van der Waals surface area (Å²) in [6, 6.07) is 0. The summed E-state index contributed by atoms with van der Waals surface area (Å²) in [4.78, 5) is 13.7. The highest BCUT2D eigenvalue weighted by atomic mass is 16.5. The molecule has 1 unspecified atom stereocenters. The summed E-state index contributed by atoms with van der Waals surface area (Å²) >= 11 is 0. The highest BCUT2D eigenvalue weighted by Crippen LogP contribution is 2.15. The highest BCUT2D eigenvalue weighted by molar-refractivity contribution is 5.80. The van der Waals surface area contributed by atoms with Crippen LogP contribution in [0.1, 0.15) is 19.3 Å². The van der Waals surface area contributed by atoms with E-state index in [1.54, 1.807) is 0 Å². The van der Waals surface area contributed by atoms with Crippen LogP contribution in [0.5, 0.6) is 0 Å². The Morgan fingerprint density at radius 3 is 2.87 bits per heavy atom. The van der Waals surface area contributed by atoms with Crippen LogP contribution in [0.3, 0.4) is 0 Å². The zero-order valence-electron chi connectivity index (χ0n) is 9.37. The van der Waals surface area contributed by atoms with Crippen LogP contribution in [0.15, 0.2) is 0 Å². The average molecular weight is 212 g/mol. The topological polar surface area (TPSA) is 41.6 Å². The molecule has 4 nitrogen and oxygen atoms in total. The fourth-order valence-corrected chi connectivity index (χ4v) is 2.06. The molecule has 0 aromatic heterocycles. The molecular formula is C11H20N2O2. The lowest BCUT2D eigenvalue weighted by atomic mass is 9.99. The van der Waals surface area contributed by atoms with E-state index in [2.05, 4.69) is 5.32 Å². The van der Waals surface area contributed by atoms with Crippen molar-refractivity contribution >= 4 is 5.91 Å². The van der Waals surface area contributed by atoms with Crippen LogP contribution in [-0.2, 0) is 9.53 Å². The molecule has 0 radical (unpaired) electrons. The molecule has 0 aromatic rings. The Bertz CT molecular complexity index is 223. The molecule has 0 aliphatic carbocycles. The number of amides is 1. The minimum Gasteiger partial charge on any atom is -0.368 e. The molecule has 2 heterocycles. The van der Waals surface area contributed by atoms with Gasteiger partial charge in [0.25, 0.3) is 5.91 Å². The van der Waals surface area contributed by atoms with Crippen molar-refractivity contribution in [2.75, 3.05) is 33.3 Å². The van der Waals surface area contributed by atoms with Crippen LogP contribution in [0, 0.1) is 5.92 Å². The first-order chi connectivity index (χ1) is 7.27. The maximum absolute atomic E-state index is 11.8. The zero-order valence-corrected chi connectivity index (χ0v) is 9.37. The van der Waals surface area contributed by atoms with Gasteiger partial charge in [-0.2, -0.15) is 0 Å². The summed E-state index contributed by atoms with van der Waals surface area (Å²) < 4.78 is 5.38. The molecule has 0 saturated carbocycles. The third-order valence-corrected chi connectivity index (χ3v) is 3.32. The minimum atomic E-state index is -0.158. The summed E-state index contributed by atoms with van der Waals surface area (Å²) in [6.07, 6.45) is 2.88. The summed E-state index contributed by atoms with van der Waals surface area (Å²) in [6.45, 7) is 3.84. The number of hydrogen-bond donors (Lipinski definition) is 1. The normalized spacial score (nSPS) is 26.3. The molecule has 86 valence electrons. The number of carbonyl (C=O) groups excluding carboxylic acids is 1. The van der Waals surface area contributed by atoms with Crippen LogP contribution in [0.2, 0.25) is 0 Å². The molecule has 2 aliphatic heterocycles. The number of rotatable bonds is 4. The van der Waals surface area contributed by atoms with Gasteiger partial charge in [-0.3, -0.25) is 4.79 Å². The first-order valence-corrected chi connectivity index (χ1v) is 5.84. The predicted octanol–water partition coefficient (Wildman–Crippen LogP) is 0.233. The minimum absolute atomic E-state index is 0.158. The van der Waals surface area contributed by atoms with E-state index in [-0.39, 0.29) is 12.0 Å². The van der Waals surface area contributed by atoms with Crippen molar-refractivity contribution < 1.29 is 9.53 Å². The van der Waals surface area contributed by atoms with Gasteiger partial charge in [-0.05, 0) is 38.3 Å². The Morgan fingerprint density at radius 2 is 2.33 bits per heavy atom. The van der Waals surface area contributed by atoms with Crippen molar-refractivity contribution in [3.05, 3.63) is 0 Å².